The van der Waals surface area contributed by atoms with Crippen LogP contribution in [0.4, 0.5) is 11.4 Å². The van der Waals surface area contributed by atoms with Gasteiger partial charge in [0.15, 0.2) is 0 Å². The summed E-state index contributed by atoms with van der Waals surface area (Å²) in [6, 6.07) is 12.8. The lowest BCUT2D eigenvalue weighted by molar-refractivity contribution is -0.122. The van der Waals surface area contributed by atoms with Crippen molar-refractivity contribution in [3.8, 4) is 11.5 Å². The van der Waals surface area contributed by atoms with Gasteiger partial charge >= 0.3 is 0 Å². The molecule has 0 saturated carbocycles. The molecule has 2 amide bonds. The molecule has 1 aliphatic heterocycles. The van der Waals surface area contributed by atoms with Gasteiger partial charge in [0.05, 0.1) is 25.8 Å². The first kappa shape index (κ1) is 18.5. The van der Waals surface area contributed by atoms with E-state index in [4.69, 9.17) is 9.47 Å². The van der Waals surface area contributed by atoms with Crippen LogP contribution >= 0.6 is 22.6 Å². The summed E-state index contributed by atoms with van der Waals surface area (Å²) < 4.78 is 11.6. The largest absolute Gasteiger partial charge is 0.497 e. The van der Waals surface area contributed by atoms with Crippen LogP contribution in [-0.4, -0.2) is 32.6 Å². The van der Waals surface area contributed by atoms with Crippen molar-refractivity contribution in [1.29, 1.82) is 0 Å². The lowest BCUT2D eigenvalue weighted by Gasteiger charge is -2.20. The molecule has 0 bridgehead atoms. The fourth-order valence-electron chi connectivity index (χ4n) is 2.93. The second-order valence-corrected chi connectivity index (χ2v) is 7.19. The standard InChI is InChI=1S/C19H19IN2O4/c1-25-15-6-7-16(17(10-15)26-2)22-11-12(8-18(22)23)19(24)21-14-5-3-4-13(20)9-14/h3-7,9-10,12H,8,11H2,1-2H3,(H,21,24). The summed E-state index contributed by atoms with van der Waals surface area (Å²) in [6.07, 6.45) is 0.172. The summed E-state index contributed by atoms with van der Waals surface area (Å²) in [4.78, 5) is 26.6. The zero-order valence-electron chi connectivity index (χ0n) is 14.5. The van der Waals surface area contributed by atoms with Gasteiger partial charge in [-0.25, -0.2) is 0 Å². The number of hydrogen-bond acceptors (Lipinski definition) is 4. The summed E-state index contributed by atoms with van der Waals surface area (Å²) in [5.41, 5.74) is 1.37. The molecule has 136 valence electrons. The number of nitrogens with zero attached hydrogens (tertiary/aromatic N) is 1. The molecule has 1 unspecified atom stereocenters. The lowest BCUT2D eigenvalue weighted by atomic mass is 10.1. The van der Waals surface area contributed by atoms with Crippen molar-refractivity contribution in [1.82, 2.24) is 0 Å². The molecule has 1 aliphatic rings. The smallest absolute Gasteiger partial charge is 0.229 e. The average Bonchev–Trinajstić information content (AvgIpc) is 3.03. The van der Waals surface area contributed by atoms with Gasteiger partial charge in [0.1, 0.15) is 11.5 Å². The van der Waals surface area contributed by atoms with Crippen LogP contribution in [0.25, 0.3) is 0 Å². The quantitative estimate of drug-likeness (QED) is 0.687. The maximum absolute atomic E-state index is 12.6. The summed E-state index contributed by atoms with van der Waals surface area (Å²) in [5, 5.41) is 2.89. The Bertz CT molecular complexity index is 840. The van der Waals surface area contributed by atoms with Gasteiger partial charge in [-0.2, -0.15) is 0 Å². The predicted octanol–water partition coefficient (Wildman–Crippen LogP) is 3.30. The number of anilines is 2. The minimum absolute atomic E-state index is 0.101. The summed E-state index contributed by atoms with van der Waals surface area (Å²) in [7, 11) is 3.11. The molecule has 1 fully saturated rings. The number of hydrogen-bond donors (Lipinski definition) is 1. The van der Waals surface area contributed by atoms with Crippen LogP contribution in [0, 0.1) is 9.49 Å². The molecule has 0 spiro atoms. The fourth-order valence-corrected chi connectivity index (χ4v) is 3.48. The third-order valence-corrected chi connectivity index (χ3v) is 4.94. The van der Waals surface area contributed by atoms with Gasteiger partial charge in [-0.15, -0.1) is 0 Å². The van der Waals surface area contributed by atoms with Gasteiger partial charge in [0, 0.05) is 28.3 Å². The maximum Gasteiger partial charge on any atom is 0.229 e. The van der Waals surface area contributed by atoms with Crippen molar-refractivity contribution in [2.24, 2.45) is 5.92 Å². The number of rotatable bonds is 5. The molecule has 2 aromatic rings. The number of benzene rings is 2. The highest BCUT2D eigenvalue weighted by Gasteiger charge is 2.36. The molecule has 3 rings (SSSR count). The van der Waals surface area contributed by atoms with E-state index in [9.17, 15) is 9.59 Å². The Morgan fingerprint density at radius 2 is 2.00 bits per heavy atom. The van der Waals surface area contributed by atoms with Crippen molar-refractivity contribution >= 4 is 45.8 Å². The molecule has 1 N–H and O–H groups in total. The molecule has 1 atom stereocenters. The Hall–Kier alpha value is -2.29. The highest BCUT2D eigenvalue weighted by molar-refractivity contribution is 14.1. The molecule has 6 nitrogen and oxygen atoms in total. The number of nitrogens with one attached hydrogen (secondary N) is 1. The molecule has 7 heteroatoms. The summed E-state index contributed by atoms with van der Waals surface area (Å²) >= 11 is 2.19. The van der Waals surface area contributed by atoms with Gasteiger partial charge in [0.25, 0.3) is 0 Å². The van der Waals surface area contributed by atoms with Crippen LogP contribution < -0.4 is 19.7 Å². The van der Waals surface area contributed by atoms with Crippen LogP contribution in [0.15, 0.2) is 42.5 Å². The van der Waals surface area contributed by atoms with Crippen molar-refractivity contribution in [2.45, 2.75) is 6.42 Å². The third kappa shape index (κ3) is 3.92. The molecule has 1 saturated heterocycles. The van der Waals surface area contributed by atoms with Crippen molar-refractivity contribution in [2.75, 3.05) is 31.0 Å². The number of ether oxygens (including phenoxy) is 2. The summed E-state index contributed by atoms with van der Waals surface area (Å²) in [5.74, 6) is 0.514. The minimum Gasteiger partial charge on any atom is -0.497 e. The zero-order chi connectivity index (χ0) is 18.7. The third-order valence-electron chi connectivity index (χ3n) is 4.27. The van der Waals surface area contributed by atoms with Crippen LogP contribution in [0.3, 0.4) is 0 Å². The van der Waals surface area contributed by atoms with E-state index >= 15 is 0 Å². The number of methoxy groups -OCH3 is 2. The average molecular weight is 466 g/mol. The van der Waals surface area contributed by atoms with Crippen LogP contribution in [0.5, 0.6) is 11.5 Å². The normalized spacial score (nSPS) is 16.5. The lowest BCUT2D eigenvalue weighted by Crippen LogP contribution is -2.28. The fraction of sp³-hybridized carbons (Fsp3) is 0.263. The van der Waals surface area contributed by atoms with E-state index in [0.29, 0.717) is 23.7 Å². The molecule has 0 radical (unpaired) electrons. The van der Waals surface area contributed by atoms with E-state index in [2.05, 4.69) is 27.9 Å². The number of halogens is 1. The van der Waals surface area contributed by atoms with Gasteiger partial charge in [-0.05, 0) is 52.9 Å². The topological polar surface area (TPSA) is 67.9 Å². The van der Waals surface area contributed by atoms with Crippen molar-refractivity contribution in [3.05, 3.63) is 46.0 Å². The van der Waals surface area contributed by atoms with E-state index in [1.54, 1.807) is 37.3 Å². The first-order valence-corrected chi connectivity index (χ1v) is 9.18. The van der Waals surface area contributed by atoms with Gasteiger partial charge < -0.3 is 19.7 Å². The van der Waals surface area contributed by atoms with E-state index in [1.807, 2.05) is 24.3 Å². The molecular formula is C19H19IN2O4. The molecule has 0 aromatic heterocycles. The maximum atomic E-state index is 12.6. The Balaban J connectivity index is 1.75. The van der Waals surface area contributed by atoms with Crippen molar-refractivity contribution in [3.63, 3.8) is 0 Å². The van der Waals surface area contributed by atoms with E-state index in [-0.39, 0.29) is 18.2 Å². The molecule has 1 heterocycles. The van der Waals surface area contributed by atoms with Crippen LogP contribution in [-0.2, 0) is 9.59 Å². The first-order valence-electron chi connectivity index (χ1n) is 8.10. The predicted molar refractivity (Wildman–Crippen MR) is 108 cm³/mol. The van der Waals surface area contributed by atoms with E-state index in [0.717, 1.165) is 9.26 Å². The molecule has 2 aromatic carbocycles. The minimum atomic E-state index is -0.410. The second kappa shape index (κ2) is 7.94. The van der Waals surface area contributed by atoms with Gasteiger partial charge in [-0.1, -0.05) is 6.07 Å². The monoisotopic (exact) mass is 466 g/mol. The molecule has 0 aliphatic carbocycles. The summed E-state index contributed by atoms with van der Waals surface area (Å²) in [6.45, 7) is 0.317. The second-order valence-electron chi connectivity index (χ2n) is 5.94. The molecular weight excluding hydrogens is 447 g/mol. The van der Waals surface area contributed by atoms with E-state index < -0.39 is 5.92 Å². The van der Waals surface area contributed by atoms with Crippen molar-refractivity contribution < 1.29 is 19.1 Å². The number of amides is 2. The number of carbonyl (C=O) groups excluding carboxylic acids is 2. The first-order chi connectivity index (χ1) is 12.5. The molecule has 26 heavy (non-hydrogen) atoms. The highest BCUT2D eigenvalue weighted by Crippen LogP contribution is 2.36. The highest BCUT2D eigenvalue weighted by atomic mass is 127. The Morgan fingerprint density at radius 1 is 1.19 bits per heavy atom. The van der Waals surface area contributed by atoms with E-state index in [1.165, 1.54) is 0 Å². The number of carbonyl (C=O) groups is 2. The van der Waals surface area contributed by atoms with Gasteiger partial charge in [-0.3, -0.25) is 9.59 Å². The van der Waals surface area contributed by atoms with Crippen LogP contribution in [0.2, 0.25) is 0 Å². The zero-order valence-corrected chi connectivity index (χ0v) is 16.6. The van der Waals surface area contributed by atoms with Gasteiger partial charge in [0.2, 0.25) is 11.8 Å². The van der Waals surface area contributed by atoms with Crippen LogP contribution in [0.1, 0.15) is 6.42 Å². The Labute approximate surface area is 165 Å². The Morgan fingerprint density at radius 3 is 2.69 bits per heavy atom. The SMILES string of the molecule is COc1ccc(N2CC(C(=O)Nc3cccc(I)c3)CC2=O)c(OC)c1. The Kier molecular flexibility index (Phi) is 5.65.